The maximum atomic E-state index is 12.9. The van der Waals surface area contributed by atoms with Crippen molar-refractivity contribution in [1.29, 1.82) is 0 Å². The highest BCUT2D eigenvalue weighted by Crippen LogP contribution is 2.21. The first kappa shape index (κ1) is 14.2. The van der Waals surface area contributed by atoms with Crippen LogP contribution in [-0.2, 0) is 18.4 Å². The molecule has 18 heavy (non-hydrogen) atoms. The molecule has 0 aromatic carbocycles. The lowest BCUT2D eigenvalue weighted by Crippen LogP contribution is -2.05. The first-order valence-corrected chi connectivity index (χ1v) is 5.76. The highest BCUT2D eigenvalue weighted by molar-refractivity contribution is 5.29. The largest absolute Gasteiger partial charge is 0.485 e. The van der Waals surface area contributed by atoms with Crippen LogP contribution in [0.5, 0.6) is 0 Å². The molecule has 3 nitrogen and oxygen atoms in total. The molecule has 0 aliphatic carbocycles. The summed E-state index contributed by atoms with van der Waals surface area (Å²) in [5, 5.41) is 0. The third-order valence-electron chi connectivity index (χ3n) is 2.58. The van der Waals surface area contributed by atoms with E-state index in [0.29, 0.717) is 5.76 Å². The van der Waals surface area contributed by atoms with Crippen LogP contribution in [0.2, 0.25) is 0 Å². The van der Waals surface area contributed by atoms with E-state index in [1.165, 1.54) is 6.08 Å². The van der Waals surface area contributed by atoms with E-state index in [2.05, 4.69) is 18.1 Å². The Kier molecular flexibility index (Phi) is 4.89. The summed E-state index contributed by atoms with van der Waals surface area (Å²) < 4.78 is 20.3. The van der Waals surface area contributed by atoms with E-state index in [-0.39, 0.29) is 12.5 Å². The van der Waals surface area contributed by atoms with Gasteiger partial charge in [0.05, 0.1) is 0 Å². The van der Waals surface area contributed by atoms with E-state index in [4.69, 9.17) is 4.74 Å². The second-order valence-corrected chi connectivity index (χ2v) is 4.38. The minimum absolute atomic E-state index is 0.178. The number of aromatic nitrogens is 2. The predicted octanol–water partition coefficient (Wildman–Crippen LogP) is 3.52. The van der Waals surface area contributed by atoms with Gasteiger partial charge in [-0.05, 0) is 11.5 Å². The topological polar surface area (TPSA) is 27.1 Å². The average Bonchev–Trinajstić information content (AvgIpc) is 2.68. The summed E-state index contributed by atoms with van der Waals surface area (Å²) in [6, 6.07) is 0. The third-order valence-corrected chi connectivity index (χ3v) is 2.58. The molecule has 0 unspecified atom stereocenters. The lowest BCUT2D eigenvalue weighted by molar-refractivity contribution is 0.192. The van der Waals surface area contributed by atoms with Gasteiger partial charge in [-0.15, -0.1) is 0 Å². The van der Waals surface area contributed by atoms with Crippen LogP contribution < -0.4 is 0 Å². The molecular weight excluding hydrogens is 231 g/mol. The van der Waals surface area contributed by atoms with Crippen LogP contribution in [0, 0.1) is 5.92 Å². The Morgan fingerprint density at radius 1 is 1.56 bits per heavy atom. The van der Waals surface area contributed by atoms with Crippen molar-refractivity contribution in [3.8, 4) is 0 Å². The summed E-state index contributed by atoms with van der Waals surface area (Å²) >= 11 is 0. The molecule has 1 aromatic rings. The quantitative estimate of drug-likeness (QED) is 0.570. The normalized spacial score (nSPS) is 11.7. The molecule has 0 aliphatic heterocycles. The van der Waals surface area contributed by atoms with Crippen molar-refractivity contribution in [2.24, 2.45) is 13.0 Å². The fourth-order valence-electron chi connectivity index (χ4n) is 1.33. The molecule has 0 fully saturated rings. The Bertz CT molecular complexity index is 472. The molecule has 0 saturated carbocycles. The number of halogens is 1. The monoisotopic (exact) mass is 250 g/mol. The van der Waals surface area contributed by atoms with Gasteiger partial charge in [0, 0.05) is 25.5 Å². The number of rotatable bonds is 6. The molecule has 1 aromatic heterocycles. The minimum atomic E-state index is -0.549. The lowest BCUT2D eigenvalue weighted by Gasteiger charge is -2.15. The summed E-state index contributed by atoms with van der Waals surface area (Å²) in [4.78, 5) is 4.14. The molecule has 0 radical (unpaired) electrons. The van der Waals surface area contributed by atoms with Crippen LogP contribution in [0.4, 0.5) is 4.39 Å². The van der Waals surface area contributed by atoms with Crippen LogP contribution in [0.3, 0.4) is 0 Å². The predicted molar refractivity (Wildman–Crippen MR) is 70.3 cm³/mol. The highest BCUT2D eigenvalue weighted by Gasteiger charge is 2.10. The second kappa shape index (κ2) is 6.19. The fraction of sp³-hybridized carbons (Fsp3) is 0.357. The van der Waals surface area contributed by atoms with Crippen molar-refractivity contribution in [3.05, 3.63) is 54.6 Å². The molecule has 0 amide bonds. The van der Waals surface area contributed by atoms with Gasteiger partial charge in [0.2, 0.25) is 0 Å². The van der Waals surface area contributed by atoms with E-state index in [1.54, 1.807) is 6.20 Å². The SMILES string of the molecule is C=C(F)/C=C(/OCc1nccn1C)C(=C)C(C)C. The number of hydrogen-bond donors (Lipinski definition) is 0. The summed E-state index contributed by atoms with van der Waals surface area (Å²) in [5.74, 6) is 0.811. The van der Waals surface area contributed by atoms with Gasteiger partial charge >= 0.3 is 0 Å². The van der Waals surface area contributed by atoms with E-state index in [1.807, 2.05) is 31.7 Å². The molecule has 0 bridgehead atoms. The molecule has 0 aliphatic rings. The zero-order chi connectivity index (χ0) is 13.7. The number of nitrogens with zero attached hydrogens (tertiary/aromatic N) is 2. The summed E-state index contributed by atoms with van der Waals surface area (Å²) in [7, 11) is 1.88. The standard InChI is InChI=1S/C14H19FN2O/c1-10(2)12(4)13(8-11(3)15)18-9-14-16-6-7-17(14)5/h6-8,10H,3-4,9H2,1-2,5H3/b13-8+. The summed E-state index contributed by atoms with van der Waals surface area (Å²) in [6.07, 6.45) is 4.77. The number of aryl methyl sites for hydroxylation is 1. The van der Waals surface area contributed by atoms with E-state index >= 15 is 0 Å². The molecule has 0 N–H and O–H groups in total. The van der Waals surface area contributed by atoms with E-state index in [9.17, 15) is 4.39 Å². The molecule has 1 rings (SSSR count). The molecule has 0 spiro atoms. The van der Waals surface area contributed by atoms with Crippen LogP contribution in [0.1, 0.15) is 19.7 Å². The van der Waals surface area contributed by atoms with Crippen molar-refractivity contribution < 1.29 is 9.13 Å². The molecular formula is C14H19FN2O. The molecule has 98 valence electrons. The van der Waals surface area contributed by atoms with E-state index in [0.717, 1.165) is 11.4 Å². The van der Waals surface area contributed by atoms with Crippen molar-refractivity contribution >= 4 is 0 Å². The first-order chi connectivity index (χ1) is 8.41. The number of hydrogen-bond acceptors (Lipinski definition) is 2. The zero-order valence-electron chi connectivity index (χ0n) is 11.1. The Labute approximate surface area is 107 Å². The Hall–Kier alpha value is -1.84. The highest BCUT2D eigenvalue weighted by atomic mass is 19.1. The van der Waals surface area contributed by atoms with Crippen LogP contribution in [-0.4, -0.2) is 9.55 Å². The van der Waals surface area contributed by atoms with Crippen molar-refractivity contribution in [1.82, 2.24) is 9.55 Å². The molecule has 0 saturated heterocycles. The van der Waals surface area contributed by atoms with Gasteiger partial charge in [0.1, 0.15) is 24.0 Å². The smallest absolute Gasteiger partial charge is 0.146 e. The van der Waals surface area contributed by atoms with Gasteiger partial charge in [0.25, 0.3) is 0 Å². The average molecular weight is 250 g/mol. The van der Waals surface area contributed by atoms with Gasteiger partial charge in [-0.3, -0.25) is 0 Å². The fourth-order valence-corrected chi connectivity index (χ4v) is 1.33. The van der Waals surface area contributed by atoms with Gasteiger partial charge in [-0.2, -0.15) is 0 Å². The van der Waals surface area contributed by atoms with Gasteiger partial charge in [-0.25, -0.2) is 9.37 Å². The lowest BCUT2D eigenvalue weighted by atomic mass is 10.0. The van der Waals surface area contributed by atoms with Crippen molar-refractivity contribution in [2.45, 2.75) is 20.5 Å². The summed E-state index contributed by atoms with van der Waals surface area (Å²) in [6.45, 7) is 11.3. The maximum Gasteiger partial charge on any atom is 0.146 e. The zero-order valence-corrected chi connectivity index (χ0v) is 11.1. The second-order valence-electron chi connectivity index (χ2n) is 4.38. The van der Waals surface area contributed by atoms with Gasteiger partial charge in [0.15, 0.2) is 0 Å². The Morgan fingerprint density at radius 2 is 2.22 bits per heavy atom. The number of imidazole rings is 1. The first-order valence-electron chi connectivity index (χ1n) is 5.76. The minimum Gasteiger partial charge on any atom is -0.485 e. The number of ether oxygens (including phenoxy) is 1. The third kappa shape index (κ3) is 3.87. The summed E-state index contributed by atoms with van der Waals surface area (Å²) in [5.41, 5.74) is 0.739. The Morgan fingerprint density at radius 3 is 2.67 bits per heavy atom. The van der Waals surface area contributed by atoms with E-state index < -0.39 is 5.83 Å². The van der Waals surface area contributed by atoms with Crippen LogP contribution >= 0.6 is 0 Å². The van der Waals surface area contributed by atoms with Gasteiger partial charge in [-0.1, -0.05) is 27.0 Å². The maximum absolute atomic E-state index is 12.9. The molecule has 4 heteroatoms. The van der Waals surface area contributed by atoms with Crippen molar-refractivity contribution in [3.63, 3.8) is 0 Å². The molecule has 1 heterocycles. The van der Waals surface area contributed by atoms with Gasteiger partial charge < -0.3 is 9.30 Å². The van der Waals surface area contributed by atoms with Crippen molar-refractivity contribution in [2.75, 3.05) is 0 Å². The number of allylic oxidation sites excluding steroid dienone is 3. The Balaban J connectivity index is 2.78. The molecule has 0 atom stereocenters. The van der Waals surface area contributed by atoms with Crippen LogP contribution in [0.25, 0.3) is 0 Å². The van der Waals surface area contributed by atoms with Crippen LogP contribution in [0.15, 0.2) is 48.8 Å².